The quantitative estimate of drug-likeness (QED) is 0.268. The molecule has 0 radical (unpaired) electrons. The van der Waals surface area contributed by atoms with Crippen LogP contribution >= 0.6 is 0 Å². The Morgan fingerprint density at radius 1 is 0.690 bits per heavy atom. The molecule has 0 amide bonds. The van der Waals surface area contributed by atoms with Gasteiger partial charge in [-0.2, -0.15) is 15.4 Å². The predicted octanol–water partition coefficient (Wildman–Crippen LogP) is 7.26. The summed E-state index contributed by atoms with van der Waals surface area (Å²) < 4.78 is 0. The Bertz CT molecular complexity index is 619. The number of benzene rings is 1. The molecule has 2 aromatic rings. The van der Waals surface area contributed by atoms with Crippen LogP contribution in [-0.4, -0.2) is 33.4 Å². The highest BCUT2D eigenvalue weighted by Gasteiger charge is 2.10. The van der Waals surface area contributed by atoms with E-state index >= 15 is 0 Å². The molecule has 29 heavy (non-hydrogen) atoms. The minimum absolute atomic E-state index is 0.981. The minimum atomic E-state index is 0.981. The van der Waals surface area contributed by atoms with Crippen molar-refractivity contribution in [1.82, 2.24) is 20.3 Å². The van der Waals surface area contributed by atoms with Crippen LogP contribution in [0, 0.1) is 0 Å². The van der Waals surface area contributed by atoms with Gasteiger partial charge in [-0.15, -0.1) is 0 Å². The highest BCUT2D eigenvalue weighted by atomic mass is 15.3. The number of H-pyrrole nitrogens is 1. The molecular weight excluding hydrogens is 356 g/mol. The summed E-state index contributed by atoms with van der Waals surface area (Å²) in [6.07, 6.45) is 19.2. The van der Waals surface area contributed by atoms with Crippen LogP contribution in [0.1, 0.15) is 109 Å². The Balaban J connectivity index is 1.76. The summed E-state index contributed by atoms with van der Waals surface area (Å²) >= 11 is 0. The molecule has 0 saturated carbocycles. The first kappa shape index (κ1) is 23.9. The number of fused-ring (bicyclic) bond motifs is 1. The van der Waals surface area contributed by atoms with Crippen LogP contribution < -0.4 is 0 Å². The summed E-state index contributed by atoms with van der Waals surface area (Å²) in [6.45, 7) is 7.99. The molecule has 0 aliphatic rings. The van der Waals surface area contributed by atoms with Gasteiger partial charge in [-0.3, -0.25) is 4.90 Å². The Morgan fingerprint density at radius 2 is 1.24 bits per heavy atom. The molecule has 2 rings (SSSR count). The second-order valence-electron chi connectivity index (χ2n) is 8.63. The third-order valence-electron chi connectivity index (χ3n) is 5.98. The number of aromatic amines is 1. The molecule has 0 bridgehead atoms. The maximum atomic E-state index is 4.39. The fourth-order valence-corrected chi connectivity index (χ4v) is 4.15. The molecule has 0 spiro atoms. The van der Waals surface area contributed by atoms with Gasteiger partial charge in [-0.25, -0.2) is 0 Å². The lowest BCUT2D eigenvalue weighted by molar-refractivity contribution is 0.253. The van der Waals surface area contributed by atoms with E-state index in [1.165, 1.54) is 109 Å². The number of aromatic nitrogens is 3. The van der Waals surface area contributed by atoms with Crippen LogP contribution in [0.15, 0.2) is 18.2 Å². The molecule has 0 fully saturated rings. The maximum absolute atomic E-state index is 4.39. The van der Waals surface area contributed by atoms with Crippen molar-refractivity contribution in [3.63, 3.8) is 0 Å². The van der Waals surface area contributed by atoms with Crippen LogP contribution in [0.4, 0.5) is 0 Å². The molecule has 0 aliphatic heterocycles. The summed E-state index contributed by atoms with van der Waals surface area (Å²) in [5, 5.41) is 11.4. The first-order valence-corrected chi connectivity index (χ1v) is 12.4. The Morgan fingerprint density at radius 3 is 1.83 bits per heavy atom. The highest BCUT2D eigenvalue weighted by Crippen LogP contribution is 2.17. The molecule has 0 saturated heterocycles. The molecule has 0 unspecified atom stereocenters. The monoisotopic (exact) mass is 400 g/mol. The molecular formula is C25H44N4. The summed E-state index contributed by atoms with van der Waals surface area (Å²) in [5.74, 6) is 0. The van der Waals surface area contributed by atoms with Crippen LogP contribution in [0.25, 0.3) is 11.0 Å². The largest absolute Gasteiger partial charge is 0.299 e. The topological polar surface area (TPSA) is 44.8 Å². The lowest BCUT2D eigenvalue weighted by Gasteiger charge is -2.22. The van der Waals surface area contributed by atoms with E-state index in [0.717, 1.165) is 17.6 Å². The van der Waals surface area contributed by atoms with Gasteiger partial charge in [0.25, 0.3) is 0 Å². The van der Waals surface area contributed by atoms with Gasteiger partial charge in [0.05, 0.1) is 0 Å². The van der Waals surface area contributed by atoms with Crippen LogP contribution in [0.2, 0.25) is 0 Å². The van der Waals surface area contributed by atoms with Crippen molar-refractivity contribution in [1.29, 1.82) is 0 Å². The van der Waals surface area contributed by atoms with E-state index < -0.39 is 0 Å². The van der Waals surface area contributed by atoms with Gasteiger partial charge < -0.3 is 0 Å². The van der Waals surface area contributed by atoms with Gasteiger partial charge in [-0.05, 0) is 37.6 Å². The predicted molar refractivity (Wildman–Crippen MR) is 125 cm³/mol. The molecule has 4 heteroatoms. The fraction of sp³-hybridized carbons (Fsp3) is 0.760. The Labute approximate surface area is 178 Å². The molecule has 1 N–H and O–H groups in total. The highest BCUT2D eigenvalue weighted by molar-refractivity contribution is 5.77. The van der Waals surface area contributed by atoms with Crippen LogP contribution in [0.3, 0.4) is 0 Å². The van der Waals surface area contributed by atoms with E-state index in [1.807, 2.05) is 6.07 Å². The summed E-state index contributed by atoms with van der Waals surface area (Å²) in [7, 11) is 0. The molecule has 1 aromatic heterocycles. The van der Waals surface area contributed by atoms with Gasteiger partial charge in [0.2, 0.25) is 0 Å². The van der Waals surface area contributed by atoms with Crippen LogP contribution in [0.5, 0.6) is 0 Å². The van der Waals surface area contributed by atoms with E-state index in [4.69, 9.17) is 0 Å². The zero-order valence-electron chi connectivity index (χ0n) is 19.1. The van der Waals surface area contributed by atoms with Crippen molar-refractivity contribution in [3.8, 4) is 0 Å². The van der Waals surface area contributed by atoms with Crippen LogP contribution in [-0.2, 0) is 6.54 Å². The van der Waals surface area contributed by atoms with E-state index in [0.29, 0.717) is 0 Å². The van der Waals surface area contributed by atoms with Gasteiger partial charge in [0.15, 0.2) is 0 Å². The minimum Gasteiger partial charge on any atom is -0.299 e. The van der Waals surface area contributed by atoms with Gasteiger partial charge >= 0.3 is 0 Å². The number of unbranched alkanes of at least 4 members (excludes halogenated alkanes) is 12. The molecule has 0 aliphatic carbocycles. The normalized spacial score (nSPS) is 11.7. The van der Waals surface area contributed by atoms with Gasteiger partial charge in [-0.1, -0.05) is 103 Å². The van der Waals surface area contributed by atoms with E-state index in [1.54, 1.807) is 0 Å². The number of hydrogen-bond donors (Lipinski definition) is 1. The van der Waals surface area contributed by atoms with E-state index in [9.17, 15) is 0 Å². The number of para-hydroxylation sites is 1. The second-order valence-corrected chi connectivity index (χ2v) is 8.63. The first-order chi connectivity index (χ1) is 14.3. The van der Waals surface area contributed by atoms with E-state index in [2.05, 4.69) is 46.3 Å². The number of nitrogens with one attached hydrogen (secondary N) is 1. The Hall–Kier alpha value is -1.42. The zero-order chi connectivity index (χ0) is 20.6. The Kier molecular flexibility index (Phi) is 12.7. The van der Waals surface area contributed by atoms with Crippen molar-refractivity contribution < 1.29 is 0 Å². The first-order valence-electron chi connectivity index (χ1n) is 12.4. The third kappa shape index (κ3) is 9.75. The lowest BCUT2D eigenvalue weighted by Crippen LogP contribution is -2.26. The molecule has 164 valence electrons. The fourth-order valence-electron chi connectivity index (χ4n) is 4.15. The second kappa shape index (κ2) is 15.4. The third-order valence-corrected chi connectivity index (χ3v) is 5.98. The SMILES string of the molecule is CCCCCCCCCN(CCCCCCCCC)Cc1cccc2n[nH]nc12. The van der Waals surface area contributed by atoms with Crippen molar-refractivity contribution in [3.05, 3.63) is 23.8 Å². The molecule has 0 atom stereocenters. The van der Waals surface area contributed by atoms with Crippen molar-refractivity contribution in [2.75, 3.05) is 13.1 Å². The van der Waals surface area contributed by atoms with Crippen molar-refractivity contribution >= 4 is 11.0 Å². The average Bonchev–Trinajstić information content (AvgIpc) is 3.22. The summed E-state index contributed by atoms with van der Waals surface area (Å²) in [6, 6.07) is 6.37. The van der Waals surface area contributed by atoms with Crippen molar-refractivity contribution in [2.45, 2.75) is 110 Å². The van der Waals surface area contributed by atoms with Gasteiger partial charge in [0, 0.05) is 6.54 Å². The van der Waals surface area contributed by atoms with Crippen molar-refractivity contribution in [2.24, 2.45) is 0 Å². The lowest BCUT2D eigenvalue weighted by atomic mass is 10.1. The molecule has 1 aromatic carbocycles. The molecule has 4 nitrogen and oxygen atoms in total. The summed E-state index contributed by atoms with van der Waals surface area (Å²) in [5.41, 5.74) is 3.33. The number of nitrogens with zero attached hydrogens (tertiary/aromatic N) is 3. The smallest absolute Gasteiger partial charge is 0.117 e. The maximum Gasteiger partial charge on any atom is 0.117 e. The number of rotatable bonds is 18. The average molecular weight is 401 g/mol. The summed E-state index contributed by atoms with van der Waals surface area (Å²) in [4.78, 5) is 2.65. The molecule has 1 heterocycles. The van der Waals surface area contributed by atoms with Gasteiger partial charge in [0.1, 0.15) is 11.0 Å². The zero-order valence-corrected chi connectivity index (χ0v) is 19.1. The van der Waals surface area contributed by atoms with E-state index in [-0.39, 0.29) is 0 Å². The standard InChI is InChI=1S/C25H44N4/c1-3-5-7-9-11-13-15-20-29(21-16-14-12-10-8-6-4-2)22-23-18-17-19-24-25(23)27-28-26-24/h17-19H,3-16,20-22H2,1-2H3,(H,26,27,28). The number of hydrogen-bond acceptors (Lipinski definition) is 3.